The third-order valence-corrected chi connectivity index (χ3v) is 6.56. The van der Waals surface area contributed by atoms with Gasteiger partial charge in [-0.15, -0.1) is 0 Å². The molecule has 10 heteroatoms. The molecule has 0 aliphatic carbocycles. The highest BCUT2D eigenvalue weighted by Gasteiger charge is 2.24. The van der Waals surface area contributed by atoms with Crippen molar-refractivity contribution in [1.29, 1.82) is 0 Å². The first-order valence-electron chi connectivity index (χ1n) is 11.8. The summed E-state index contributed by atoms with van der Waals surface area (Å²) in [5.74, 6) is 3.48. The van der Waals surface area contributed by atoms with Crippen LogP contribution < -0.4 is 10.2 Å². The molecule has 4 aromatic heterocycles. The molecular formula is C24H27N9O. The van der Waals surface area contributed by atoms with Crippen molar-refractivity contribution in [3.05, 3.63) is 42.6 Å². The molecule has 174 valence electrons. The van der Waals surface area contributed by atoms with Gasteiger partial charge in [0.1, 0.15) is 17.3 Å². The van der Waals surface area contributed by atoms with Gasteiger partial charge in [-0.1, -0.05) is 0 Å². The Morgan fingerprint density at radius 1 is 0.941 bits per heavy atom. The van der Waals surface area contributed by atoms with Crippen LogP contribution in [0, 0.1) is 0 Å². The normalized spacial score (nSPS) is 17.4. The number of piperidine rings is 1. The van der Waals surface area contributed by atoms with Gasteiger partial charge < -0.3 is 19.5 Å². The summed E-state index contributed by atoms with van der Waals surface area (Å²) in [5.41, 5.74) is 3.29. The monoisotopic (exact) mass is 457 g/mol. The number of nitrogens with one attached hydrogen (secondary N) is 1. The molecule has 0 unspecified atom stereocenters. The molecule has 4 aromatic rings. The summed E-state index contributed by atoms with van der Waals surface area (Å²) in [6.07, 6.45) is 7.46. The number of fused-ring (bicyclic) bond motifs is 1. The zero-order valence-corrected chi connectivity index (χ0v) is 19.2. The average Bonchev–Trinajstić information content (AvgIpc) is 3.26. The van der Waals surface area contributed by atoms with E-state index in [9.17, 15) is 0 Å². The Bertz CT molecular complexity index is 1290. The SMILES string of the molecule is Cn1c(-c2ccncc2)nc2c(N3CCOCC3)nc(-c3ccnc(C4CCNCC4)n3)nc21. The zero-order chi connectivity index (χ0) is 22.9. The van der Waals surface area contributed by atoms with Crippen LogP contribution in [0.3, 0.4) is 0 Å². The number of hydrogen-bond acceptors (Lipinski definition) is 9. The minimum atomic E-state index is 0.360. The maximum atomic E-state index is 5.59. The van der Waals surface area contributed by atoms with Crippen LogP contribution in [0.15, 0.2) is 36.8 Å². The van der Waals surface area contributed by atoms with Gasteiger partial charge in [0.15, 0.2) is 22.8 Å². The number of pyridine rings is 1. The second kappa shape index (κ2) is 9.03. The van der Waals surface area contributed by atoms with E-state index >= 15 is 0 Å². The van der Waals surface area contributed by atoms with Crippen molar-refractivity contribution in [1.82, 2.24) is 39.8 Å². The summed E-state index contributed by atoms with van der Waals surface area (Å²) >= 11 is 0. The summed E-state index contributed by atoms with van der Waals surface area (Å²) in [6, 6.07) is 5.81. The predicted octanol–water partition coefficient (Wildman–Crippen LogP) is 2.19. The maximum Gasteiger partial charge on any atom is 0.182 e. The van der Waals surface area contributed by atoms with Gasteiger partial charge in [-0.2, -0.15) is 0 Å². The largest absolute Gasteiger partial charge is 0.378 e. The van der Waals surface area contributed by atoms with Gasteiger partial charge in [0.05, 0.1) is 13.2 Å². The molecule has 6 rings (SSSR count). The van der Waals surface area contributed by atoms with Crippen LogP contribution in [-0.4, -0.2) is 73.9 Å². The second-order valence-electron chi connectivity index (χ2n) is 8.70. The fraction of sp³-hybridized carbons (Fsp3) is 0.417. The zero-order valence-electron chi connectivity index (χ0n) is 19.2. The van der Waals surface area contributed by atoms with E-state index in [-0.39, 0.29) is 0 Å². The number of aromatic nitrogens is 7. The van der Waals surface area contributed by atoms with Gasteiger partial charge in [0.2, 0.25) is 0 Å². The molecule has 34 heavy (non-hydrogen) atoms. The van der Waals surface area contributed by atoms with E-state index in [2.05, 4.69) is 20.2 Å². The van der Waals surface area contributed by atoms with E-state index in [4.69, 9.17) is 24.7 Å². The van der Waals surface area contributed by atoms with Crippen LogP contribution >= 0.6 is 0 Å². The molecule has 0 radical (unpaired) electrons. The van der Waals surface area contributed by atoms with Crippen molar-refractivity contribution in [2.75, 3.05) is 44.3 Å². The van der Waals surface area contributed by atoms with Crippen LogP contribution in [0.1, 0.15) is 24.6 Å². The Kier molecular flexibility index (Phi) is 5.60. The molecular weight excluding hydrogens is 430 g/mol. The fourth-order valence-corrected chi connectivity index (χ4v) is 4.69. The van der Waals surface area contributed by atoms with Gasteiger partial charge in [-0.05, 0) is 44.1 Å². The topological polar surface area (TPSA) is 107 Å². The third kappa shape index (κ3) is 3.88. The highest BCUT2D eigenvalue weighted by molar-refractivity contribution is 5.88. The number of anilines is 1. The van der Waals surface area contributed by atoms with E-state index in [0.717, 1.165) is 78.9 Å². The molecule has 10 nitrogen and oxygen atoms in total. The summed E-state index contributed by atoms with van der Waals surface area (Å²) < 4.78 is 7.61. The average molecular weight is 458 g/mol. The van der Waals surface area contributed by atoms with E-state index in [0.29, 0.717) is 25.0 Å². The molecule has 2 aliphatic rings. The number of rotatable bonds is 4. The van der Waals surface area contributed by atoms with Gasteiger partial charge >= 0.3 is 0 Å². The number of ether oxygens (including phenoxy) is 1. The first-order valence-corrected chi connectivity index (χ1v) is 11.8. The van der Waals surface area contributed by atoms with Crippen LogP contribution in [0.5, 0.6) is 0 Å². The van der Waals surface area contributed by atoms with Crippen molar-refractivity contribution in [2.24, 2.45) is 7.05 Å². The summed E-state index contributed by atoms with van der Waals surface area (Å²) in [5, 5.41) is 3.41. The van der Waals surface area contributed by atoms with Crippen LogP contribution in [0.4, 0.5) is 5.82 Å². The first-order chi connectivity index (χ1) is 16.8. The predicted molar refractivity (Wildman–Crippen MR) is 128 cm³/mol. The van der Waals surface area contributed by atoms with Gasteiger partial charge in [-0.25, -0.2) is 24.9 Å². The Balaban J connectivity index is 1.49. The molecule has 0 atom stereocenters. The van der Waals surface area contributed by atoms with Crippen LogP contribution in [0.2, 0.25) is 0 Å². The molecule has 0 spiro atoms. The molecule has 6 heterocycles. The lowest BCUT2D eigenvalue weighted by molar-refractivity contribution is 0.122. The molecule has 0 bridgehead atoms. The van der Waals surface area contributed by atoms with Crippen molar-refractivity contribution in [2.45, 2.75) is 18.8 Å². The standard InChI is InChI=1S/C24H27N9O/c1-32-22(17-4-9-26-10-5-17)29-19-23(32)30-21(31-24(19)33-12-14-34-15-13-33)18-6-11-27-20(28-18)16-2-7-25-8-3-16/h4-6,9-11,16,25H,2-3,7-8,12-15H2,1H3. The van der Waals surface area contributed by atoms with Crippen LogP contribution in [0.25, 0.3) is 34.1 Å². The number of hydrogen-bond donors (Lipinski definition) is 1. The Labute approximate surface area is 197 Å². The Hall–Kier alpha value is -3.50. The smallest absolute Gasteiger partial charge is 0.182 e. The lowest BCUT2D eigenvalue weighted by atomic mass is 9.97. The van der Waals surface area contributed by atoms with Crippen molar-refractivity contribution >= 4 is 17.0 Å². The molecule has 0 saturated carbocycles. The van der Waals surface area contributed by atoms with Gasteiger partial charge in [-0.3, -0.25) is 4.98 Å². The van der Waals surface area contributed by atoms with Gasteiger partial charge in [0, 0.05) is 50.2 Å². The van der Waals surface area contributed by atoms with E-state index in [1.807, 2.05) is 36.0 Å². The minimum absolute atomic E-state index is 0.360. The molecule has 2 aliphatic heterocycles. The molecule has 0 amide bonds. The lowest BCUT2D eigenvalue weighted by Crippen LogP contribution is -2.37. The number of morpholine rings is 1. The second-order valence-corrected chi connectivity index (χ2v) is 8.70. The highest BCUT2D eigenvalue weighted by atomic mass is 16.5. The van der Waals surface area contributed by atoms with E-state index in [1.54, 1.807) is 12.4 Å². The number of aryl methyl sites for hydroxylation is 1. The maximum absolute atomic E-state index is 5.59. The van der Waals surface area contributed by atoms with Crippen molar-refractivity contribution < 1.29 is 4.74 Å². The Morgan fingerprint density at radius 2 is 1.74 bits per heavy atom. The lowest BCUT2D eigenvalue weighted by Gasteiger charge is -2.28. The number of imidazole rings is 1. The van der Waals surface area contributed by atoms with Gasteiger partial charge in [0.25, 0.3) is 0 Å². The highest BCUT2D eigenvalue weighted by Crippen LogP contribution is 2.31. The third-order valence-electron chi connectivity index (χ3n) is 6.56. The minimum Gasteiger partial charge on any atom is -0.378 e. The molecule has 1 N–H and O–H groups in total. The van der Waals surface area contributed by atoms with Crippen molar-refractivity contribution in [3.63, 3.8) is 0 Å². The first kappa shape index (κ1) is 21.1. The number of nitrogens with zero attached hydrogens (tertiary/aromatic N) is 8. The van der Waals surface area contributed by atoms with Crippen molar-refractivity contribution in [3.8, 4) is 22.9 Å². The Morgan fingerprint density at radius 3 is 2.53 bits per heavy atom. The summed E-state index contributed by atoms with van der Waals surface area (Å²) in [6.45, 7) is 4.84. The quantitative estimate of drug-likeness (QED) is 0.493. The molecule has 2 saturated heterocycles. The summed E-state index contributed by atoms with van der Waals surface area (Å²) in [4.78, 5) is 30.8. The van der Waals surface area contributed by atoms with Crippen LogP contribution in [-0.2, 0) is 11.8 Å². The molecule has 0 aromatic carbocycles. The van der Waals surface area contributed by atoms with E-state index in [1.165, 1.54) is 0 Å². The molecule has 2 fully saturated rings. The summed E-state index contributed by atoms with van der Waals surface area (Å²) in [7, 11) is 1.99. The van der Waals surface area contributed by atoms with E-state index < -0.39 is 0 Å². The fourth-order valence-electron chi connectivity index (χ4n) is 4.69.